The molecule has 2 heterocycles. The van der Waals surface area contributed by atoms with E-state index in [9.17, 15) is 4.79 Å². The van der Waals surface area contributed by atoms with Gasteiger partial charge in [0.05, 0.1) is 11.3 Å². The van der Waals surface area contributed by atoms with Crippen LogP contribution in [0.3, 0.4) is 0 Å². The molecule has 1 amide bonds. The molecule has 4 heteroatoms. The number of nitrogens with zero attached hydrogens (tertiary/aromatic N) is 1. The van der Waals surface area contributed by atoms with Crippen molar-refractivity contribution < 1.29 is 4.79 Å². The van der Waals surface area contributed by atoms with Crippen LogP contribution in [0.25, 0.3) is 0 Å². The van der Waals surface area contributed by atoms with Crippen molar-refractivity contribution >= 4 is 5.91 Å². The summed E-state index contributed by atoms with van der Waals surface area (Å²) in [5.41, 5.74) is 6.63. The maximum absolute atomic E-state index is 10.8. The Kier molecular flexibility index (Phi) is 1.66. The molecule has 0 spiro atoms. The van der Waals surface area contributed by atoms with Crippen LogP contribution in [0.15, 0.2) is 48.2 Å². The fraction of sp³-hybridized carbons (Fsp3) is 0. The lowest BCUT2D eigenvalue weighted by molar-refractivity contribution is -0.114. The van der Waals surface area contributed by atoms with Gasteiger partial charge in [0, 0.05) is 24.8 Å². The highest BCUT2D eigenvalue weighted by Crippen LogP contribution is 2.17. The quantitative estimate of drug-likeness (QED) is 0.596. The first-order valence-corrected chi connectivity index (χ1v) is 3.88. The number of hydrogen-bond donors (Lipinski definition) is 2. The van der Waals surface area contributed by atoms with Crippen molar-refractivity contribution in [1.29, 1.82) is 0 Å². The summed E-state index contributed by atoms with van der Waals surface area (Å²) in [5, 5.41) is 2.95. The second-order valence-corrected chi connectivity index (χ2v) is 2.74. The summed E-state index contributed by atoms with van der Waals surface area (Å²) in [7, 11) is 0. The monoisotopic (exact) mass is 175 g/mol. The fourth-order valence-electron chi connectivity index (χ4n) is 1.18. The van der Waals surface area contributed by atoms with Gasteiger partial charge in [0.25, 0.3) is 0 Å². The van der Waals surface area contributed by atoms with Gasteiger partial charge in [0.2, 0.25) is 5.91 Å². The number of hydrogen-bond acceptors (Lipinski definition) is 3. The van der Waals surface area contributed by atoms with Gasteiger partial charge >= 0.3 is 0 Å². The lowest BCUT2D eigenvalue weighted by Crippen LogP contribution is -2.22. The number of carbonyl (C=O) groups is 1. The molecule has 0 radical (unpaired) electrons. The van der Waals surface area contributed by atoms with Gasteiger partial charge in [0.1, 0.15) is 0 Å². The molecule has 13 heavy (non-hydrogen) atoms. The Balaban J connectivity index is 2.31. The highest BCUT2D eigenvalue weighted by molar-refractivity contribution is 5.95. The van der Waals surface area contributed by atoms with E-state index < -0.39 is 5.91 Å². The number of allylic oxidation sites excluding steroid dienone is 1. The first kappa shape index (κ1) is 7.67. The van der Waals surface area contributed by atoms with Crippen molar-refractivity contribution in [2.75, 3.05) is 0 Å². The van der Waals surface area contributed by atoms with Crippen LogP contribution >= 0.6 is 0 Å². The Morgan fingerprint density at radius 2 is 2.31 bits per heavy atom. The molecular weight excluding hydrogens is 166 g/mol. The van der Waals surface area contributed by atoms with Gasteiger partial charge in [-0.05, 0) is 12.2 Å². The fourth-order valence-corrected chi connectivity index (χ4v) is 1.18. The zero-order chi connectivity index (χ0) is 9.26. The summed E-state index contributed by atoms with van der Waals surface area (Å²) in [6.07, 6.45) is 10.7. The molecule has 0 saturated heterocycles. The van der Waals surface area contributed by atoms with E-state index in [2.05, 4.69) is 5.32 Å². The van der Waals surface area contributed by atoms with Gasteiger partial charge in [-0.15, -0.1) is 0 Å². The van der Waals surface area contributed by atoms with Gasteiger partial charge in [0.15, 0.2) is 0 Å². The molecule has 3 N–H and O–H groups in total. The van der Waals surface area contributed by atoms with Crippen LogP contribution in [-0.2, 0) is 4.79 Å². The number of primary amides is 1. The minimum absolute atomic E-state index is 0.415. The number of rotatable bonds is 1. The molecule has 0 aromatic carbocycles. The van der Waals surface area contributed by atoms with Gasteiger partial charge in [-0.1, -0.05) is 0 Å². The molecule has 0 bridgehead atoms. The normalized spacial score (nSPS) is 18.6. The number of fused-ring (bicyclic) bond motifs is 1. The third-order valence-corrected chi connectivity index (χ3v) is 1.86. The van der Waals surface area contributed by atoms with Crippen molar-refractivity contribution in [2.45, 2.75) is 0 Å². The van der Waals surface area contributed by atoms with E-state index in [1.807, 2.05) is 23.4 Å². The first-order valence-electron chi connectivity index (χ1n) is 3.88. The summed E-state index contributed by atoms with van der Waals surface area (Å²) < 4.78 is 0. The minimum Gasteiger partial charge on any atom is -0.366 e. The second kappa shape index (κ2) is 2.82. The molecule has 0 aliphatic carbocycles. The average molecular weight is 175 g/mol. The molecule has 4 nitrogen and oxygen atoms in total. The van der Waals surface area contributed by atoms with Crippen LogP contribution in [0.4, 0.5) is 0 Å². The molecule has 0 fully saturated rings. The molecule has 0 aromatic rings. The standard InChI is InChI=1S/C9H9N3O/c10-9(13)7-1-2-8-5-11-3-4-12(8)6-7/h1-6,11H,(H2,10,13). The molecule has 66 valence electrons. The number of nitrogens with two attached hydrogens (primary N) is 1. The van der Waals surface area contributed by atoms with Crippen LogP contribution in [-0.4, -0.2) is 10.8 Å². The smallest absolute Gasteiger partial charge is 0.250 e. The summed E-state index contributed by atoms with van der Waals surface area (Å²) >= 11 is 0. The summed E-state index contributed by atoms with van der Waals surface area (Å²) in [6.45, 7) is 0. The summed E-state index contributed by atoms with van der Waals surface area (Å²) in [6, 6.07) is 0. The third kappa shape index (κ3) is 1.33. The third-order valence-electron chi connectivity index (χ3n) is 1.86. The first-order chi connectivity index (χ1) is 6.27. The zero-order valence-electron chi connectivity index (χ0n) is 6.90. The number of nitrogens with one attached hydrogen (secondary N) is 1. The van der Waals surface area contributed by atoms with E-state index in [0.717, 1.165) is 5.70 Å². The van der Waals surface area contributed by atoms with E-state index in [1.54, 1.807) is 18.5 Å². The van der Waals surface area contributed by atoms with Crippen LogP contribution in [0.5, 0.6) is 0 Å². The number of carbonyl (C=O) groups excluding carboxylic acids is 1. The van der Waals surface area contributed by atoms with Gasteiger partial charge < -0.3 is 16.0 Å². The summed E-state index contributed by atoms with van der Waals surface area (Å²) in [5.74, 6) is -0.415. The van der Waals surface area contributed by atoms with Crippen molar-refractivity contribution in [3.05, 3.63) is 48.2 Å². The lowest BCUT2D eigenvalue weighted by atomic mass is 10.1. The highest BCUT2D eigenvalue weighted by atomic mass is 16.1. The van der Waals surface area contributed by atoms with E-state index >= 15 is 0 Å². The van der Waals surface area contributed by atoms with Crippen LogP contribution in [0.1, 0.15) is 0 Å². The van der Waals surface area contributed by atoms with E-state index in [4.69, 9.17) is 5.73 Å². The van der Waals surface area contributed by atoms with Crippen molar-refractivity contribution in [3.8, 4) is 0 Å². The Labute approximate surface area is 75.7 Å². The minimum atomic E-state index is -0.415. The Morgan fingerprint density at radius 3 is 3.08 bits per heavy atom. The second-order valence-electron chi connectivity index (χ2n) is 2.74. The van der Waals surface area contributed by atoms with E-state index in [-0.39, 0.29) is 0 Å². The van der Waals surface area contributed by atoms with Crippen molar-refractivity contribution in [3.63, 3.8) is 0 Å². The van der Waals surface area contributed by atoms with E-state index in [0.29, 0.717) is 5.57 Å². The lowest BCUT2D eigenvalue weighted by Gasteiger charge is -2.23. The zero-order valence-corrected chi connectivity index (χ0v) is 6.90. The predicted molar refractivity (Wildman–Crippen MR) is 48.6 cm³/mol. The molecule has 2 aliphatic heterocycles. The van der Waals surface area contributed by atoms with Gasteiger partial charge in [-0.25, -0.2) is 0 Å². The average Bonchev–Trinajstić information content (AvgIpc) is 2.17. The molecule has 0 atom stereocenters. The molecule has 2 aliphatic rings. The number of amides is 1. The van der Waals surface area contributed by atoms with Crippen LogP contribution < -0.4 is 11.1 Å². The van der Waals surface area contributed by atoms with Gasteiger partial charge in [-0.3, -0.25) is 4.79 Å². The van der Waals surface area contributed by atoms with E-state index in [1.165, 1.54) is 0 Å². The SMILES string of the molecule is NC(=O)C1=CN2C=CNC=C2C=C1. The molecule has 0 unspecified atom stereocenters. The molecular formula is C9H9N3O. The summed E-state index contributed by atoms with van der Waals surface area (Å²) in [4.78, 5) is 12.7. The Bertz CT molecular complexity index is 363. The maximum atomic E-state index is 10.8. The van der Waals surface area contributed by atoms with Crippen LogP contribution in [0, 0.1) is 0 Å². The topological polar surface area (TPSA) is 58.4 Å². The van der Waals surface area contributed by atoms with Crippen LogP contribution in [0.2, 0.25) is 0 Å². The Morgan fingerprint density at radius 1 is 1.46 bits per heavy atom. The molecule has 0 aromatic heterocycles. The Hall–Kier alpha value is -1.97. The van der Waals surface area contributed by atoms with Gasteiger partial charge in [-0.2, -0.15) is 0 Å². The largest absolute Gasteiger partial charge is 0.366 e. The molecule has 2 rings (SSSR count). The van der Waals surface area contributed by atoms with Crippen molar-refractivity contribution in [2.24, 2.45) is 5.73 Å². The predicted octanol–water partition coefficient (Wildman–Crippen LogP) is 0.143. The highest BCUT2D eigenvalue weighted by Gasteiger charge is 2.12. The molecule has 0 saturated carbocycles. The van der Waals surface area contributed by atoms with Crippen molar-refractivity contribution in [1.82, 2.24) is 10.2 Å². The maximum Gasteiger partial charge on any atom is 0.250 e.